The Balaban J connectivity index is 0.000000228. The number of phenolic OH excluding ortho intramolecular Hbond substituents is 2. The Morgan fingerprint density at radius 1 is 0.600 bits per heavy atom. The lowest BCUT2D eigenvalue weighted by atomic mass is 9.68. The fourth-order valence-corrected chi connectivity index (χ4v) is 8.66. The third kappa shape index (κ3) is 8.83. The number of hydrogen-bond acceptors (Lipinski definition) is 14. The highest BCUT2D eigenvalue weighted by atomic mass is 16.5. The van der Waals surface area contributed by atoms with E-state index in [-0.39, 0.29) is 70.1 Å². The van der Waals surface area contributed by atoms with Gasteiger partial charge in [-0.05, 0) is 86.8 Å². The van der Waals surface area contributed by atoms with Gasteiger partial charge in [0.2, 0.25) is 11.5 Å². The zero-order valence-corrected chi connectivity index (χ0v) is 36.7. The first-order chi connectivity index (χ1) is 28.3. The summed E-state index contributed by atoms with van der Waals surface area (Å²) >= 11 is 0. The molecule has 324 valence electrons. The molecule has 0 radical (unpaired) electrons. The molecule has 2 aromatic carbocycles. The summed E-state index contributed by atoms with van der Waals surface area (Å²) in [6.07, 6.45) is 2.13. The van der Waals surface area contributed by atoms with Crippen molar-refractivity contribution in [3.63, 3.8) is 0 Å². The summed E-state index contributed by atoms with van der Waals surface area (Å²) in [6.45, 7) is 15.8. The average Bonchev–Trinajstić information content (AvgIpc) is 3.16. The Morgan fingerprint density at radius 3 is 1.17 bits per heavy atom. The normalized spacial score (nSPS) is 20.5. The molecule has 60 heavy (non-hydrogen) atoms. The van der Waals surface area contributed by atoms with Gasteiger partial charge in [-0.15, -0.1) is 0 Å². The average molecular weight is 831 g/mol. The lowest BCUT2D eigenvalue weighted by molar-refractivity contribution is -0.139. The predicted molar refractivity (Wildman–Crippen MR) is 223 cm³/mol. The summed E-state index contributed by atoms with van der Waals surface area (Å²) in [6, 6.07) is 6.55. The van der Waals surface area contributed by atoms with E-state index in [1.807, 2.05) is 13.8 Å². The second-order valence-corrected chi connectivity index (χ2v) is 16.8. The molecule has 0 saturated heterocycles. The number of Topliss-reactive ketones (excluding diaryl/α,β-unsaturated/α-hetero) is 2. The smallest absolute Gasteiger partial charge is 0.336 e. The van der Waals surface area contributed by atoms with Crippen molar-refractivity contribution in [1.82, 2.24) is 10.6 Å². The largest absolute Gasteiger partial charge is 0.502 e. The molecule has 0 bridgehead atoms. The van der Waals surface area contributed by atoms with Crippen molar-refractivity contribution in [2.24, 2.45) is 10.8 Å². The summed E-state index contributed by atoms with van der Waals surface area (Å²) in [5, 5.41) is 27.2. The van der Waals surface area contributed by atoms with Crippen LogP contribution in [-0.4, -0.2) is 75.4 Å². The Kier molecular flexibility index (Phi) is 13.4. The van der Waals surface area contributed by atoms with Gasteiger partial charge in [-0.3, -0.25) is 9.59 Å². The number of hydrogen-bond donors (Lipinski definition) is 4. The minimum absolute atomic E-state index is 0.0148. The van der Waals surface area contributed by atoms with Crippen LogP contribution in [-0.2, 0) is 28.7 Å². The Labute approximate surface area is 351 Å². The molecule has 14 nitrogen and oxygen atoms in total. The van der Waals surface area contributed by atoms with Crippen LogP contribution in [0.25, 0.3) is 0 Å². The molecular formula is C46H58N2O12. The van der Waals surface area contributed by atoms with Crippen LogP contribution in [0.5, 0.6) is 34.5 Å². The Hall–Kier alpha value is -5.92. The van der Waals surface area contributed by atoms with E-state index in [4.69, 9.17) is 28.4 Å². The number of phenols is 2. The molecule has 0 spiro atoms. The number of aromatic hydroxyl groups is 2. The number of dihydropyridines is 2. The number of benzene rings is 2. The summed E-state index contributed by atoms with van der Waals surface area (Å²) < 4.78 is 31.9. The third-order valence-electron chi connectivity index (χ3n) is 11.1. The van der Waals surface area contributed by atoms with Crippen LogP contribution < -0.4 is 29.6 Å². The van der Waals surface area contributed by atoms with Gasteiger partial charge >= 0.3 is 11.9 Å². The number of carbonyl (C=O) groups excluding carboxylic acids is 4. The molecule has 0 aromatic heterocycles. The summed E-state index contributed by atoms with van der Waals surface area (Å²) in [7, 11) is 5.75. The molecule has 0 amide bonds. The zero-order valence-electron chi connectivity index (χ0n) is 36.7. The number of rotatable bonds is 10. The van der Waals surface area contributed by atoms with Crippen LogP contribution >= 0.6 is 0 Å². The van der Waals surface area contributed by atoms with Crippen LogP contribution in [0.1, 0.15) is 104 Å². The molecule has 2 aromatic rings. The lowest BCUT2D eigenvalue weighted by Crippen LogP contribution is -2.38. The maximum atomic E-state index is 13.3. The fourth-order valence-electron chi connectivity index (χ4n) is 8.66. The maximum Gasteiger partial charge on any atom is 0.336 e. The molecular weight excluding hydrogens is 773 g/mol. The van der Waals surface area contributed by atoms with E-state index in [1.54, 1.807) is 38.1 Å². The molecule has 4 N–H and O–H groups in total. The topological polar surface area (TPSA) is 188 Å². The number of ether oxygens (including phenoxy) is 6. The van der Waals surface area contributed by atoms with Gasteiger partial charge in [0.15, 0.2) is 34.6 Å². The van der Waals surface area contributed by atoms with E-state index in [0.29, 0.717) is 70.5 Å². The lowest BCUT2D eigenvalue weighted by Gasteiger charge is -2.39. The van der Waals surface area contributed by atoms with Crippen molar-refractivity contribution in [3.05, 3.63) is 80.5 Å². The second kappa shape index (κ2) is 17.7. The van der Waals surface area contributed by atoms with Crippen LogP contribution in [0.15, 0.2) is 69.3 Å². The van der Waals surface area contributed by atoms with Crippen LogP contribution in [0.3, 0.4) is 0 Å². The number of esters is 2. The quantitative estimate of drug-likeness (QED) is 0.177. The van der Waals surface area contributed by atoms with E-state index in [1.165, 1.54) is 28.4 Å². The first-order valence-corrected chi connectivity index (χ1v) is 20.0. The highest BCUT2D eigenvalue weighted by Crippen LogP contribution is 2.51. The number of allylic oxidation sites excluding steroid dienone is 6. The minimum Gasteiger partial charge on any atom is -0.502 e. The van der Waals surface area contributed by atoms with Crippen molar-refractivity contribution >= 4 is 23.5 Å². The highest BCUT2D eigenvalue weighted by Gasteiger charge is 2.45. The highest BCUT2D eigenvalue weighted by molar-refractivity contribution is 6.05. The number of nitrogens with one attached hydrogen (secondary N) is 2. The Bertz CT molecular complexity index is 2020. The van der Waals surface area contributed by atoms with Crippen molar-refractivity contribution in [3.8, 4) is 34.5 Å². The Morgan fingerprint density at radius 2 is 0.900 bits per heavy atom. The van der Waals surface area contributed by atoms with Gasteiger partial charge in [0, 0.05) is 58.6 Å². The van der Waals surface area contributed by atoms with Crippen molar-refractivity contribution in [2.45, 2.75) is 92.9 Å². The molecule has 4 aliphatic rings. The number of methoxy groups -OCH3 is 4. The van der Waals surface area contributed by atoms with Gasteiger partial charge in [-0.2, -0.15) is 0 Å². The van der Waals surface area contributed by atoms with Gasteiger partial charge in [-0.1, -0.05) is 27.7 Å². The van der Waals surface area contributed by atoms with Gasteiger partial charge in [0.1, 0.15) is 0 Å². The van der Waals surface area contributed by atoms with Crippen molar-refractivity contribution < 1.29 is 57.8 Å². The van der Waals surface area contributed by atoms with E-state index in [2.05, 4.69) is 38.3 Å². The minimum atomic E-state index is -0.646. The first kappa shape index (κ1) is 45.2. The SMILES string of the molecule is CCOC(=O)C1=C(C)NC2=C(C(=O)CC(C)(C)C2)[C@H]1c1cc(OC)c(O)c(OC)c1.CCOC(=O)C1=C(C)NC2=C(C(=O)CC(C)(C)C2)[C@H]1c1cc(OC)c(O)c(OC)c1. The monoisotopic (exact) mass is 830 g/mol. The molecule has 2 atom stereocenters. The maximum absolute atomic E-state index is 13.3. The zero-order chi connectivity index (χ0) is 44.4. The van der Waals surface area contributed by atoms with Crippen LogP contribution in [0, 0.1) is 10.8 Å². The van der Waals surface area contributed by atoms with Gasteiger partial charge < -0.3 is 49.3 Å². The molecule has 2 heterocycles. The van der Waals surface area contributed by atoms with Gasteiger partial charge in [0.05, 0.1) is 52.8 Å². The second-order valence-electron chi connectivity index (χ2n) is 16.8. The van der Waals surface area contributed by atoms with Crippen molar-refractivity contribution in [2.75, 3.05) is 41.7 Å². The number of ketones is 2. The standard InChI is InChI=1S/2C23H29NO6/c2*1-7-30-22(27)18-12(2)24-14-10-23(3,4)11-15(25)20(14)19(18)13-8-16(28-5)21(26)17(9-13)29-6/h2*8-9,19,24,26H,7,10-11H2,1-6H3/t2*19-/m00/s1. The predicted octanol–water partition coefficient (Wildman–Crippen LogP) is 7.15. The fraction of sp³-hybridized carbons (Fsp3) is 0.478. The van der Waals surface area contributed by atoms with Gasteiger partial charge in [-0.25, -0.2) is 9.59 Å². The molecule has 14 heteroatoms. The third-order valence-corrected chi connectivity index (χ3v) is 11.1. The van der Waals surface area contributed by atoms with E-state index < -0.39 is 23.8 Å². The van der Waals surface area contributed by atoms with E-state index >= 15 is 0 Å². The van der Waals surface area contributed by atoms with Gasteiger partial charge in [0.25, 0.3) is 0 Å². The van der Waals surface area contributed by atoms with Crippen LogP contribution in [0.4, 0.5) is 0 Å². The van der Waals surface area contributed by atoms with Crippen molar-refractivity contribution in [1.29, 1.82) is 0 Å². The van der Waals surface area contributed by atoms with E-state index in [0.717, 1.165) is 11.4 Å². The number of carbonyl (C=O) groups is 4. The molecule has 0 saturated carbocycles. The summed E-state index contributed by atoms with van der Waals surface area (Å²) in [5.74, 6) is -1.75. The summed E-state index contributed by atoms with van der Waals surface area (Å²) in [5.41, 5.74) is 5.65. The molecule has 0 unspecified atom stereocenters. The molecule has 6 rings (SSSR count). The van der Waals surface area contributed by atoms with Crippen LogP contribution in [0.2, 0.25) is 0 Å². The van der Waals surface area contributed by atoms with E-state index in [9.17, 15) is 29.4 Å². The molecule has 2 aliphatic carbocycles. The first-order valence-electron chi connectivity index (χ1n) is 20.0. The molecule has 0 fully saturated rings. The molecule has 2 aliphatic heterocycles. The summed E-state index contributed by atoms with van der Waals surface area (Å²) in [4.78, 5) is 52.3.